The second-order valence-corrected chi connectivity index (χ2v) is 9.24. The molecular weight excluding hydrogens is 471 g/mol. The Morgan fingerprint density at radius 2 is 1.94 bits per heavy atom. The van der Waals surface area contributed by atoms with Crippen molar-refractivity contribution in [1.82, 2.24) is 19.2 Å². The van der Waals surface area contributed by atoms with E-state index in [1.165, 1.54) is 23.5 Å². The van der Waals surface area contributed by atoms with Gasteiger partial charge in [-0.05, 0) is 31.2 Å². The highest BCUT2D eigenvalue weighted by Crippen LogP contribution is 2.24. The molecule has 0 N–H and O–H groups in total. The summed E-state index contributed by atoms with van der Waals surface area (Å²) in [4.78, 5) is 34.4. The fourth-order valence-corrected chi connectivity index (χ4v) is 4.97. The molecule has 0 radical (unpaired) electrons. The van der Waals surface area contributed by atoms with Crippen LogP contribution in [0.1, 0.15) is 25.5 Å². The van der Waals surface area contributed by atoms with Crippen LogP contribution >= 0.6 is 11.3 Å². The fraction of sp³-hybridized carbons (Fsp3) is 0.480. The maximum absolute atomic E-state index is 13.3. The number of nitrogens with zero attached hydrogens (tertiary/aromatic N) is 4. The summed E-state index contributed by atoms with van der Waals surface area (Å²) in [7, 11) is 0. The number of fused-ring (bicyclic) bond motifs is 1. The molecule has 0 atom stereocenters. The normalized spacial score (nSPS) is 14.3. The van der Waals surface area contributed by atoms with Crippen LogP contribution in [-0.2, 0) is 25.5 Å². The van der Waals surface area contributed by atoms with Gasteiger partial charge in [0.15, 0.2) is 4.96 Å². The molecule has 188 valence electrons. The monoisotopic (exact) mass is 502 g/mol. The number of benzene rings is 1. The second-order valence-electron chi connectivity index (χ2n) is 8.40. The average molecular weight is 503 g/mol. The lowest BCUT2D eigenvalue weighted by molar-refractivity contribution is -0.145. The number of carbonyl (C=O) groups excluding carboxylic acids is 2. The number of amides is 1. The van der Waals surface area contributed by atoms with Gasteiger partial charge in [-0.2, -0.15) is 0 Å². The van der Waals surface area contributed by atoms with Gasteiger partial charge in [0.05, 0.1) is 31.9 Å². The number of esters is 1. The van der Waals surface area contributed by atoms with Gasteiger partial charge in [0.1, 0.15) is 5.82 Å². The standard InChI is InChI=1S/C25H31FN4O4S/c1-2-34-24(32)8-7-23(31)29(12-11-28-13-15-33-16-14-28)10-9-21-18-35-25-27-22(17-30(21)25)19-3-5-20(26)6-4-19/h3-6,17-18H,2,7-16H2,1H3. The van der Waals surface area contributed by atoms with Gasteiger partial charge in [-0.25, -0.2) is 9.37 Å². The van der Waals surface area contributed by atoms with Crippen LogP contribution in [-0.4, -0.2) is 83.6 Å². The van der Waals surface area contributed by atoms with Crippen molar-refractivity contribution in [2.45, 2.75) is 26.2 Å². The predicted molar refractivity (Wildman–Crippen MR) is 132 cm³/mol. The van der Waals surface area contributed by atoms with E-state index in [1.807, 2.05) is 15.5 Å². The molecule has 0 bridgehead atoms. The minimum atomic E-state index is -0.347. The molecule has 3 heterocycles. The third-order valence-corrected chi connectivity index (χ3v) is 6.94. The van der Waals surface area contributed by atoms with Gasteiger partial charge in [-0.1, -0.05) is 0 Å². The van der Waals surface area contributed by atoms with Crippen molar-refractivity contribution < 1.29 is 23.5 Å². The van der Waals surface area contributed by atoms with Gasteiger partial charge in [0.2, 0.25) is 5.91 Å². The van der Waals surface area contributed by atoms with Crippen LogP contribution in [0, 0.1) is 5.82 Å². The molecule has 0 unspecified atom stereocenters. The molecule has 1 saturated heterocycles. The Bertz CT molecular complexity index is 1120. The number of carbonyl (C=O) groups is 2. The summed E-state index contributed by atoms with van der Waals surface area (Å²) in [6.07, 6.45) is 2.84. The van der Waals surface area contributed by atoms with Crippen LogP contribution in [0.4, 0.5) is 4.39 Å². The van der Waals surface area contributed by atoms with Crippen molar-refractivity contribution in [2.24, 2.45) is 0 Å². The number of imidazole rings is 1. The molecule has 0 saturated carbocycles. The van der Waals surface area contributed by atoms with E-state index in [1.54, 1.807) is 19.1 Å². The lowest BCUT2D eigenvalue weighted by Gasteiger charge is -2.30. The molecule has 1 fully saturated rings. The molecule has 8 nitrogen and oxygen atoms in total. The number of hydrogen-bond acceptors (Lipinski definition) is 7. The van der Waals surface area contributed by atoms with Crippen LogP contribution in [0.3, 0.4) is 0 Å². The van der Waals surface area contributed by atoms with E-state index in [2.05, 4.69) is 15.3 Å². The molecule has 0 aliphatic carbocycles. The van der Waals surface area contributed by atoms with Crippen LogP contribution in [0.15, 0.2) is 35.8 Å². The Hall–Kier alpha value is -2.82. The molecule has 1 amide bonds. The molecule has 0 spiro atoms. The summed E-state index contributed by atoms with van der Waals surface area (Å²) < 4.78 is 25.7. The zero-order valence-corrected chi connectivity index (χ0v) is 20.8. The third kappa shape index (κ3) is 6.87. The zero-order chi connectivity index (χ0) is 24.6. The Balaban J connectivity index is 1.42. The van der Waals surface area contributed by atoms with E-state index in [0.717, 1.165) is 41.5 Å². The summed E-state index contributed by atoms with van der Waals surface area (Å²) >= 11 is 1.54. The smallest absolute Gasteiger partial charge is 0.306 e. The van der Waals surface area contributed by atoms with Gasteiger partial charge in [-0.3, -0.25) is 18.9 Å². The number of thiazole rings is 1. The van der Waals surface area contributed by atoms with E-state index in [0.29, 0.717) is 39.3 Å². The molecule has 1 aliphatic heterocycles. The predicted octanol–water partition coefficient (Wildman–Crippen LogP) is 3.25. The molecular formula is C25H31FN4O4S. The van der Waals surface area contributed by atoms with Gasteiger partial charge < -0.3 is 14.4 Å². The first kappa shape index (κ1) is 25.3. The number of ether oxygens (including phenoxy) is 2. The first-order valence-corrected chi connectivity index (χ1v) is 12.9. The maximum Gasteiger partial charge on any atom is 0.306 e. The second kappa shape index (κ2) is 12.2. The lowest BCUT2D eigenvalue weighted by atomic mass is 10.2. The number of morpholine rings is 1. The van der Waals surface area contributed by atoms with Gasteiger partial charge >= 0.3 is 5.97 Å². The van der Waals surface area contributed by atoms with Crippen molar-refractivity contribution >= 4 is 28.2 Å². The van der Waals surface area contributed by atoms with Crippen molar-refractivity contribution in [1.29, 1.82) is 0 Å². The molecule has 35 heavy (non-hydrogen) atoms. The van der Waals surface area contributed by atoms with Crippen molar-refractivity contribution in [3.8, 4) is 11.3 Å². The highest BCUT2D eigenvalue weighted by Gasteiger charge is 2.19. The largest absolute Gasteiger partial charge is 0.466 e. The Labute approximate surface area is 208 Å². The van der Waals surface area contributed by atoms with Gasteiger partial charge in [0, 0.05) is 68.4 Å². The molecule has 3 aromatic rings. The number of rotatable bonds is 11. The third-order valence-electron chi connectivity index (χ3n) is 6.05. The van der Waals surface area contributed by atoms with E-state index < -0.39 is 0 Å². The van der Waals surface area contributed by atoms with Crippen molar-refractivity contribution in [2.75, 3.05) is 52.5 Å². The van der Waals surface area contributed by atoms with Crippen LogP contribution in [0.5, 0.6) is 0 Å². The molecule has 1 aromatic carbocycles. The molecule has 4 rings (SSSR count). The number of hydrogen-bond donors (Lipinski definition) is 0. The first-order valence-electron chi connectivity index (χ1n) is 12.0. The summed E-state index contributed by atoms with van der Waals surface area (Å²) in [5.74, 6) is -0.670. The van der Waals surface area contributed by atoms with Gasteiger partial charge in [0.25, 0.3) is 0 Å². The van der Waals surface area contributed by atoms with E-state index >= 15 is 0 Å². The number of halogens is 1. The van der Waals surface area contributed by atoms with Crippen LogP contribution < -0.4 is 0 Å². The fourth-order valence-electron chi connectivity index (χ4n) is 4.07. The average Bonchev–Trinajstić information content (AvgIpc) is 3.45. The minimum absolute atomic E-state index is 0.0459. The molecule has 2 aromatic heterocycles. The summed E-state index contributed by atoms with van der Waals surface area (Å²) in [6.45, 7) is 7.12. The Morgan fingerprint density at radius 1 is 1.17 bits per heavy atom. The molecule has 10 heteroatoms. The topological polar surface area (TPSA) is 76.4 Å². The van der Waals surface area contributed by atoms with E-state index in [-0.39, 0.29) is 30.5 Å². The minimum Gasteiger partial charge on any atom is -0.466 e. The summed E-state index contributed by atoms with van der Waals surface area (Å²) in [5.41, 5.74) is 2.70. The highest BCUT2D eigenvalue weighted by atomic mass is 32.1. The van der Waals surface area contributed by atoms with Crippen molar-refractivity contribution in [3.05, 3.63) is 47.4 Å². The SMILES string of the molecule is CCOC(=O)CCC(=O)N(CCc1csc2nc(-c3ccc(F)cc3)cn12)CCN1CCOCC1. The van der Waals surface area contributed by atoms with Crippen LogP contribution in [0.2, 0.25) is 0 Å². The highest BCUT2D eigenvalue weighted by molar-refractivity contribution is 7.15. The van der Waals surface area contributed by atoms with E-state index in [9.17, 15) is 14.0 Å². The van der Waals surface area contributed by atoms with Crippen molar-refractivity contribution in [3.63, 3.8) is 0 Å². The first-order chi connectivity index (χ1) is 17.0. The zero-order valence-electron chi connectivity index (χ0n) is 20.0. The van der Waals surface area contributed by atoms with Gasteiger partial charge in [-0.15, -0.1) is 11.3 Å². The maximum atomic E-state index is 13.3. The lowest BCUT2D eigenvalue weighted by Crippen LogP contribution is -2.43. The number of aromatic nitrogens is 2. The molecule has 1 aliphatic rings. The van der Waals surface area contributed by atoms with Crippen LogP contribution in [0.25, 0.3) is 16.2 Å². The van der Waals surface area contributed by atoms with E-state index in [4.69, 9.17) is 9.47 Å². The summed E-state index contributed by atoms with van der Waals surface area (Å²) in [5, 5.41) is 2.06. The summed E-state index contributed by atoms with van der Waals surface area (Å²) in [6, 6.07) is 6.30. The Kier molecular flexibility index (Phi) is 8.84. The quantitative estimate of drug-likeness (QED) is 0.375. The Morgan fingerprint density at radius 3 is 2.69 bits per heavy atom.